The standard InChI is InChI=1S/C15H20ClN3O6S/c1-8(2)18-15(22)19-13(20)9(3)25-14(21)11-7-10(5-6-12(11)16)26(23,24)17-4/h5-9,17H,1-4H3,(H2,18,19,20,22)/t9-/m0/s1. The molecule has 0 saturated heterocycles. The molecule has 1 rings (SSSR count). The lowest BCUT2D eigenvalue weighted by atomic mass is 10.2. The van der Waals surface area contributed by atoms with Gasteiger partial charge in [-0.1, -0.05) is 11.6 Å². The summed E-state index contributed by atoms with van der Waals surface area (Å²) in [6, 6.07) is 2.57. The SMILES string of the molecule is CNS(=O)(=O)c1ccc(Cl)c(C(=O)O[C@@H](C)C(=O)NC(=O)NC(C)C)c1. The summed E-state index contributed by atoms with van der Waals surface area (Å²) >= 11 is 5.91. The summed E-state index contributed by atoms with van der Waals surface area (Å²) in [6.07, 6.45) is -1.30. The van der Waals surface area contributed by atoms with Gasteiger partial charge in [-0.05, 0) is 46.0 Å². The Balaban J connectivity index is 2.89. The summed E-state index contributed by atoms with van der Waals surface area (Å²) in [5, 5.41) is 4.42. The minimum Gasteiger partial charge on any atom is -0.449 e. The molecule has 0 fully saturated rings. The highest BCUT2D eigenvalue weighted by atomic mass is 35.5. The van der Waals surface area contributed by atoms with Crippen LogP contribution >= 0.6 is 11.6 Å². The van der Waals surface area contributed by atoms with Gasteiger partial charge in [0, 0.05) is 6.04 Å². The van der Waals surface area contributed by atoms with Crippen LogP contribution in [0.5, 0.6) is 0 Å². The van der Waals surface area contributed by atoms with E-state index in [0.717, 1.165) is 6.07 Å². The first-order chi connectivity index (χ1) is 12.0. The van der Waals surface area contributed by atoms with Gasteiger partial charge in [0.1, 0.15) is 0 Å². The minimum absolute atomic E-state index is 0.0461. The fourth-order valence-electron chi connectivity index (χ4n) is 1.74. The maximum absolute atomic E-state index is 12.2. The number of nitrogens with one attached hydrogen (secondary N) is 3. The summed E-state index contributed by atoms with van der Waals surface area (Å²) in [5.74, 6) is -1.85. The van der Waals surface area contributed by atoms with Gasteiger partial charge in [-0.3, -0.25) is 10.1 Å². The molecule has 0 aliphatic heterocycles. The normalized spacial score (nSPS) is 12.4. The lowest BCUT2D eigenvalue weighted by Crippen LogP contribution is -2.46. The Morgan fingerprint density at radius 2 is 1.77 bits per heavy atom. The molecule has 0 aliphatic carbocycles. The highest BCUT2D eigenvalue weighted by molar-refractivity contribution is 7.89. The topological polar surface area (TPSA) is 131 Å². The lowest BCUT2D eigenvalue weighted by Gasteiger charge is -2.15. The predicted molar refractivity (Wildman–Crippen MR) is 94.4 cm³/mol. The molecule has 1 aromatic rings. The smallest absolute Gasteiger partial charge is 0.340 e. The molecular formula is C15H20ClN3O6S. The summed E-state index contributed by atoms with van der Waals surface area (Å²) in [7, 11) is -2.57. The van der Waals surface area contributed by atoms with Crippen LogP contribution in [0, 0.1) is 0 Å². The van der Waals surface area contributed by atoms with Crippen LogP contribution in [-0.4, -0.2) is 45.5 Å². The second-order valence-corrected chi connectivity index (χ2v) is 7.81. The van der Waals surface area contributed by atoms with Crippen molar-refractivity contribution in [1.82, 2.24) is 15.4 Å². The molecule has 0 bridgehead atoms. The first kappa shape index (κ1) is 21.9. The van der Waals surface area contributed by atoms with Gasteiger partial charge in [0.15, 0.2) is 6.10 Å². The summed E-state index contributed by atoms with van der Waals surface area (Å²) in [4.78, 5) is 35.4. The van der Waals surface area contributed by atoms with Gasteiger partial charge in [-0.25, -0.2) is 22.7 Å². The Hall–Kier alpha value is -2.17. The Bertz CT molecular complexity index is 810. The van der Waals surface area contributed by atoms with Gasteiger partial charge >= 0.3 is 12.0 Å². The number of hydrogen-bond donors (Lipinski definition) is 3. The third-order valence-electron chi connectivity index (χ3n) is 3.05. The molecule has 3 N–H and O–H groups in total. The molecule has 0 spiro atoms. The average Bonchev–Trinajstić information content (AvgIpc) is 2.53. The average molecular weight is 406 g/mol. The highest BCUT2D eigenvalue weighted by Crippen LogP contribution is 2.21. The molecule has 0 saturated carbocycles. The Morgan fingerprint density at radius 1 is 1.15 bits per heavy atom. The third kappa shape index (κ3) is 5.97. The molecule has 26 heavy (non-hydrogen) atoms. The lowest BCUT2D eigenvalue weighted by molar-refractivity contribution is -0.127. The Labute approximate surface area is 156 Å². The van der Waals surface area contributed by atoms with Crippen molar-refractivity contribution in [3.63, 3.8) is 0 Å². The van der Waals surface area contributed by atoms with E-state index in [0.29, 0.717) is 0 Å². The molecule has 0 radical (unpaired) electrons. The van der Waals surface area contributed by atoms with E-state index in [2.05, 4.69) is 10.0 Å². The zero-order valence-corrected chi connectivity index (χ0v) is 16.2. The molecule has 0 heterocycles. The molecule has 3 amide bonds. The molecule has 0 aromatic heterocycles. The van der Waals surface area contributed by atoms with E-state index in [1.54, 1.807) is 13.8 Å². The number of carbonyl (C=O) groups excluding carboxylic acids is 3. The van der Waals surface area contributed by atoms with Gasteiger partial charge in [0.25, 0.3) is 5.91 Å². The van der Waals surface area contributed by atoms with Crippen molar-refractivity contribution < 1.29 is 27.5 Å². The van der Waals surface area contributed by atoms with Crippen molar-refractivity contribution in [1.29, 1.82) is 0 Å². The maximum Gasteiger partial charge on any atom is 0.340 e. The number of esters is 1. The van der Waals surface area contributed by atoms with E-state index in [4.69, 9.17) is 16.3 Å². The van der Waals surface area contributed by atoms with Crippen LogP contribution < -0.4 is 15.4 Å². The summed E-state index contributed by atoms with van der Waals surface area (Å²) in [5.41, 5.74) is -0.228. The Kier molecular flexibility index (Phi) is 7.54. The van der Waals surface area contributed by atoms with Gasteiger partial charge in [-0.2, -0.15) is 0 Å². The minimum atomic E-state index is -3.79. The van der Waals surface area contributed by atoms with Crippen LogP contribution in [0.3, 0.4) is 0 Å². The number of hydrogen-bond acceptors (Lipinski definition) is 6. The molecule has 0 unspecified atom stereocenters. The van der Waals surface area contributed by atoms with Crippen LogP contribution in [0.15, 0.2) is 23.1 Å². The number of amides is 3. The van der Waals surface area contributed by atoms with Gasteiger partial charge in [-0.15, -0.1) is 0 Å². The Morgan fingerprint density at radius 3 is 2.31 bits per heavy atom. The predicted octanol–water partition coefficient (Wildman–Crippen LogP) is 1.03. The molecule has 9 nitrogen and oxygen atoms in total. The fraction of sp³-hybridized carbons (Fsp3) is 0.400. The van der Waals surface area contributed by atoms with Crippen LogP contribution in [-0.2, 0) is 19.6 Å². The first-order valence-electron chi connectivity index (χ1n) is 7.53. The number of urea groups is 1. The van der Waals surface area contributed by atoms with Crippen LogP contribution in [0.1, 0.15) is 31.1 Å². The second-order valence-electron chi connectivity index (χ2n) is 5.51. The largest absolute Gasteiger partial charge is 0.449 e. The van der Waals surface area contributed by atoms with Gasteiger partial charge < -0.3 is 10.1 Å². The summed E-state index contributed by atoms with van der Waals surface area (Å²) < 4.78 is 30.7. The zero-order valence-electron chi connectivity index (χ0n) is 14.6. The summed E-state index contributed by atoms with van der Waals surface area (Å²) in [6.45, 7) is 4.68. The molecule has 0 aliphatic rings. The number of benzene rings is 1. The fourth-order valence-corrected chi connectivity index (χ4v) is 2.69. The first-order valence-corrected chi connectivity index (χ1v) is 9.39. The van der Waals surface area contributed by atoms with Crippen LogP contribution in [0.25, 0.3) is 0 Å². The maximum atomic E-state index is 12.2. The molecule has 1 aromatic carbocycles. The monoisotopic (exact) mass is 405 g/mol. The quantitative estimate of drug-likeness (QED) is 0.606. The van der Waals surface area contributed by atoms with E-state index >= 15 is 0 Å². The number of ether oxygens (including phenoxy) is 1. The number of sulfonamides is 1. The third-order valence-corrected chi connectivity index (χ3v) is 4.79. The highest BCUT2D eigenvalue weighted by Gasteiger charge is 2.24. The van der Waals surface area contributed by atoms with Crippen LogP contribution in [0.2, 0.25) is 5.02 Å². The van der Waals surface area contributed by atoms with E-state index in [9.17, 15) is 22.8 Å². The van der Waals surface area contributed by atoms with E-state index in [1.165, 1.54) is 26.1 Å². The van der Waals surface area contributed by atoms with E-state index < -0.39 is 34.0 Å². The van der Waals surface area contributed by atoms with E-state index in [-0.39, 0.29) is 21.5 Å². The van der Waals surface area contributed by atoms with E-state index in [1.807, 2.05) is 5.32 Å². The van der Waals surface area contributed by atoms with Crippen molar-refractivity contribution in [3.05, 3.63) is 28.8 Å². The number of carbonyl (C=O) groups is 3. The van der Waals surface area contributed by atoms with Crippen molar-refractivity contribution in [2.75, 3.05) is 7.05 Å². The molecule has 1 atom stereocenters. The molecular weight excluding hydrogens is 386 g/mol. The zero-order chi connectivity index (χ0) is 20.1. The number of rotatable bonds is 6. The van der Waals surface area contributed by atoms with Gasteiger partial charge in [0.2, 0.25) is 10.0 Å². The van der Waals surface area contributed by atoms with Crippen molar-refractivity contribution in [2.24, 2.45) is 0 Å². The molecule has 11 heteroatoms. The second kappa shape index (κ2) is 8.97. The number of imide groups is 1. The van der Waals surface area contributed by atoms with Crippen LogP contribution in [0.4, 0.5) is 4.79 Å². The molecule has 144 valence electrons. The van der Waals surface area contributed by atoms with Crippen molar-refractivity contribution in [3.8, 4) is 0 Å². The van der Waals surface area contributed by atoms with Crippen molar-refractivity contribution >= 4 is 39.5 Å². The van der Waals surface area contributed by atoms with Crippen molar-refractivity contribution in [2.45, 2.75) is 37.8 Å². The van der Waals surface area contributed by atoms with Gasteiger partial charge in [0.05, 0.1) is 15.5 Å². The number of halogens is 1.